The van der Waals surface area contributed by atoms with Crippen LogP contribution in [0.3, 0.4) is 0 Å². The number of nitrogens with zero attached hydrogens (tertiary/aromatic N) is 5. The third-order valence-corrected chi connectivity index (χ3v) is 7.11. The van der Waals surface area contributed by atoms with Crippen molar-refractivity contribution in [3.8, 4) is 17.1 Å². The van der Waals surface area contributed by atoms with Crippen LogP contribution in [0.5, 0.6) is 0 Å². The van der Waals surface area contributed by atoms with Crippen molar-refractivity contribution < 1.29 is 4.74 Å². The topological polar surface area (TPSA) is 108 Å². The van der Waals surface area contributed by atoms with Crippen LogP contribution < -0.4 is 11.5 Å². The van der Waals surface area contributed by atoms with Gasteiger partial charge in [-0.05, 0) is 79.9 Å². The molecule has 8 heteroatoms. The van der Waals surface area contributed by atoms with Crippen molar-refractivity contribution in [1.29, 1.82) is 0 Å². The lowest BCUT2D eigenvalue weighted by molar-refractivity contribution is 0.161. The number of fused-ring (bicyclic) bond motifs is 1. The number of nitrogen functional groups attached to an aromatic ring is 1. The van der Waals surface area contributed by atoms with Gasteiger partial charge in [0.25, 0.3) is 0 Å². The first-order valence-electron chi connectivity index (χ1n) is 12.6. The minimum Gasteiger partial charge on any atom is -0.383 e. The van der Waals surface area contributed by atoms with Crippen molar-refractivity contribution >= 4 is 22.6 Å². The van der Waals surface area contributed by atoms with E-state index in [1.54, 1.807) is 6.20 Å². The van der Waals surface area contributed by atoms with Gasteiger partial charge in [-0.25, -0.2) is 15.0 Å². The number of imidazole rings is 1. The quantitative estimate of drug-likeness (QED) is 0.446. The third-order valence-electron chi connectivity index (χ3n) is 7.11. The van der Waals surface area contributed by atoms with Crippen LogP contribution in [0.4, 0.5) is 5.82 Å². The standard InChI is InChI=1S/C28H31N7O/c29-21-9-14-34(15-10-21)18-19-3-5-22(6-4-19)35-27(23-2-1-13-31-26(23)30)33-25-8-7-24(32-28(25)35)20-11-16-36-17-12-20/h1-8,11,13,21H,9-10,12,14-18,29H2,(H2,30,31). The fourth-order valence-electron chi connectivity index (χ4n) is 5.05. The van der Waals surface area contributed by atoms with Crippen LogP contribution in [0, 0.1) is 0 Å². The first-order chi connectivity index (χ1) is 17.7. The number of hydrogen-bond acceptors (Lipinski definition) is 7. The van der Waals surface area contributed by atoms with E-state index >= 15 is 0 Å². The molecule has 0 saturated carbocycles. The van der Waals surface area contributed by atoms with Crippen molar-refractivity contribution in [1.82, 2.24) is 24.4 Å². The summed E-state index contributed by atoms with van der Waals surface area (Å²) in [6.07, 6.45) is 6.78. The monoisotopic (exact) mass is 481 g/mol. The molecule has 4 aromatic rings. The molecule has 1 fully saturated rings. The van der Waals surface area contributed by atoms with Gasteiger partial charge in [-0.15, -0.1) is 0 Å². The maximum atomic E-state index is 6.28. The fraction of sp³-hybridized carbons (Fsp3) is 0.321. The summed E-state index contributed by atoms with van der Waals surface area (Å²) in [6.45, 7) is 4.36. The molecule has 184 valence electrons. The molecule has 2 aliphatic heterocycles. The van der Waals surface area contributed by atoms with E-state index < -0.39 is 0 Å². The molecule has 5 heterocycles. The molecule has 0 spiro atoms. The number of ether oxygens (including phenoxy) is 1. The Kier molecular flexibility index (Phi) is 6.23. The maximum absolute atomic E-state index is 6.28. The highest BCUT2D eigenvalue weighted by atomic mass is 16.5. The highest BCUT2D eigenvalue weighted by Crippen LogP contribution is 2.32. The number of anilines is 1. The van der Waals surface area contributed by atoms with Crippen molar-refractivity contribution in [2.24, 2.45) is 5.73 Å². The molecule has 1 aromatic carbocycles. The SMILES string of the molecule is Nc1ncccc1-c1nc2ccc(C3=CCOCC3)nc2n1-c1ccc(CN2CCC(N)CC2)cc1. The van der Waals surface area contributed by atoms with Crippen LogP contribution in [0.15, 0.2) is 60.8 Å². The van der Waals surface area contributed by atoms with E-state index in [1.807, 2.05) is 24.3 Å². The molecule has 0 amide bonds. The molecular weight excluding hydrogens is 450 g/mol. The minimum absolute atomic E-state index is 0.339. The molecule has 1 saturated heterocycles. The summed E-state index contributed by atoms with van der Waals surface area (Å²) in [5.41, 5.74) is 19.2. The molecule has 36 heavy (non-hydrogen) atoms. The molecule has 3 aromatic heterocycles. The Morgan fingerprint density at radius 2 is 1.83 bits per heavy atom. The number of piperidine rings is 1. The Labute approximate surface area is 210 Å². The minimum atomic E-state index is 0.339. The van der Waals surface area contributed by atoms with Gasteiger partial charge in [0.2, 0.25) is 0 Å². The van der Waals surface area contributed by atoms with Crippen LogP contribution in [0.2, 0.25) is 0 Å². The van der Waals surface area contributed by atoms with Gasteiger partial charge in [0.1, 0.15) is 11.3 Å². The number of rotatable bonds is 5. The Morgan fingerprint density at radius 3 is 2.58 bits per heavy atom. The van der Waals surface area contributed by atoms with Gasteiger partial charge in [-0.2, -0.15) is 0 Å². The third kappa shape index (κ3) is 4.51. The smallest absolute Gasteiger partial charge is 0.165 e. The number of pyridine rings is 2. The highest BCUT2D eigenvalue weighted by Gasteiger charge is 2.20. The molecule has 0 bridgehead atoms. The van der Waals surface area contributed by atoms with Gasteiger partial charge in [-0.3, -0.25) is 9.47 Å². The number of benzene rings is 1. The van der Waals surface area contributed by atoms with Crippen LogP contribution in [0.25, 0.3) is 33.8 Å². The van der Waals surface area contributed by atoms with Crippen molar-refractivity contribution in [3.63, 3.8) is 0 Å². The van der Waals surface area contributed by atoms with Crippen molar-refractivity contribution in [2.45, 2.75) is 31.8 Å². The van der Waals surface area contributed by atoms with Gasteiger partial charge >= 0.3 is 0 Å². The molecule has 2 aliphatic rings. The van der Waals surface area contributed by atoms with E-state index in [0.29, 0.717) is 25.1 Å². The zero-order valence-corrected chi connectivity index (χ0v) is 20.3. The first kappa shape index (κ1) is 22.8. The van der Waals surface area contributed by atoms with E-state index in [0.717, 1.165) is 72.8 Å². The second kappa shape index (κ2) is 9.81. The van der Waals surface area contributed by atoms with Crippen LogP contribution in [-0.2, 0) is 11.3 Å². The molecule has 8 nitrogen and oxygen atoms in total. The van der Waals surface area contributed by atoms with E-state index in [1.165, 1.54) is 11.1 Å². The summed E-state index contributed by atoms with van der Waals surface area (Å²) >= 11 is 0. The summed E-state index contributed by atoms with van der Waals surface area (Å²) < 4.78 is 7.59. The Morgan fingerprint density at radius 1 is 1.00 bits per heavy atom. The predicted molar refractivity (Wildman–Crippen MR) is 142 cm³/mol. The average molecular weight is 482 g/mol. The normalized spacial score (nSPS) is 17.4. The Hall–Kier alpha value is -3.59. The molecule has 0 unspecified atom stereocenters. The zero-order valence-electron chi connectivity index (χ0n) is 20.3. The summed E-state index contributed by atoms with van der Waals surface area (Å²) in [6, 6.07) is 16.9. The van der Waals surface area contributed by atoms with E-state index in [-0.39, 0.29) is 0 Å². The maximum Gasteiger partial charge on any atom is 0.165 e. The van der Waals surface area contributed by atoms with Gasteiger partial charge in [0.15, 0.2) is 11.5 Å². The molecule has 6 rings (SSSR count). The lowest BCUT2D eigenvalue weighted by Crippen LogP contribution is -2.39. The first-order valence-corrected chi connectivity index (χ1v) is 12.6. The predicted octanol–water partition coefficient (Wildman–Crippen LogP) is 3.79. The lowest BCUT2D eigenvalue weighted by Gasteiger charge is -2.30. The molecular formula is C28H31N7O. The van der Waals surface area contributed by atoms with E-state index in [4.69, 9.17) is 26.2 Å². The van der Waals surface area contributed by atoms with E-state index in [2.05, 4.69) is 44.8 Å². The average Bonchev–Trinajstić information content (AvgIpc) is 3.30. The van der Waals surface area contributed by atoms with Gasteiger partial charge in [0, 0.05) is 24.5 Å². The summed E-state index contributed by atoms with van der Waals surface area (Å²) in [7, 11) is 0. The van der Waals surface area contributed by atoms with Gasteiger partial charge < -0.3 is 16.2 Å². The van der Waals surface area contributed by atoms with Crippen molar-refractivity contribution in [3.05, 3.63) is 72.1 Å². The van der Waals surface area contributed by atoms with Gasteiger partial charge in [-0.1, -0.05) is 18.2 Å². The van der Waals surface area contributed by atoms with Crippen LogP contribution >= 0.6 is 0 Å². The summed E-state index contributed by atoms with van der Waals surface area (Å²) in [5.74, 6) is 1.18. The Balaban J connectivity index is 1.41. The zero-order chi connectivity index (χ0) is 24.5. The lowest BCUT2D eigenvalue weighted by atomic mass is 10.1. The molecule has 0 radical (unpaired) electrons. The molecule has 0 atom stereocenters. The number of nitrogens with two attached hydrogens (primary N) is 2. The summed E-state index contributed by atoms with van der Waals surface area (Å²) in [5, 5.41) is 0. The van der Waals surface area contributed by atoms with Crippen molar-refractivity contribution in [2.75, 3.05) is 32.0 Å². The summed E-state index contributed by atoms with van der Waals surface area (Å²) in [4.78, 5) is 16.8. The van der Waals surface area contributed by atoms with Crippen LogP contribution in [-0.4, -0.2) is 56.8 Å². The number of likely N-dealkylation sites (tertiary alicyclic amines) is 1. The molecule has 4 N–H and O–H groups in total. The Bertz CT molecular complexity index is 1400. The largest absolute Gasteiger partial charge is 0.383 e. The van der Waals surface area contributed by atoms with Crippen LogP contribution in [0.1, 0.15) is 30.5 Å². The van der Waals surface area contributed by atoms with Gasteiger partial charge in [0.05, 0.1) is 24.5 Å². The second-order valence-electron chi connectivity index (χ2n) is 9.58. The molecule has 0 aliphatic carbocycles. The van der Waals surface area contributed by atoms with E-state index in [9.17, 15) is 0 Å². The number of hydrogen-bond donors (Lipinski definition) is 2. The second-order valence-corrected chi connectivity index (χ2v) is 9.58. The number of aromatic nitrogens is 4. The highest BCUT2D eigenvalue weighted by molar-refractivity contribution is 5.84. The fourth-order valence-corrected chi connectivity index (χ4v) is 5.05.